The van der Waals surface area contributed by atoms with Crippen LogP contribution in [0.2, 0.25) is 0 Å². The monoisotopic (exact) mass is 355 g/mol. The molecule has 0 aliphatic heterocycles. The number of allylic oxidation sites excluding steroid dienone is 1. The van der Waals surface area contributed by atoms with Gasteiger partial charge in [0, 0.05) is 18.5 Å². The predicted octanol–water partition coefficient (Wildman–Crippen LogP) is 2.79. The summed E-state index contributed by atoms with van der Waals surface area (Å²) in [7, 11) is 0. The summed E-state index contributed by atoms with van der Waals surface area (Å²) < 4.78 is 10.1. The third kappa shape index (κ3) is 10.4. The van der Waals surface area contributed by atoms with E-state index in [4.69, 9.17) is 15.2 Å². The quantitative estimate of drug-likeness (QED) is 0.316. The van der Waals surface area contributed by atoms with Crippen molar-refractivity contribution in [1.29, 1.82) is 0 Å². The molecule has 0 aromatic heterocycles. The highest BCUT2D eigenvalue weighted by Gasteiger charge is 2.28. The molecule has 1 aliphatic rings. The lowest BCUT2D eigenvalue weighted by Crippen LogP contribution is -2.33. The van der Waals surface area contributed by atoms with Gasteiger partial charge < -0.3 is 20.5 Å². The smallest absolute Gasteiger partial charge is 0.407 e. The van der Waals surface area contributed by atoms with Gasteiger partial charge in [0.25, 0.3) is 0 Å². The Morgan fingerprint density at radius 3 is 2.36 bits per heavy atom. The van der Waals surface area contributed by atoms with Crippen molar-refractivity contribution in [3.8, 4) is 0 Å². The van der Waals surface area contributed by atoms with Crippen LogP contribution in [0.25, 0.3) is 0 Å². The van der Waals surface area contributed by atoms with Crippen LogP contribution in [-0.4, -0.2) is 43.6 Å². The zero-order valence-corrected chi connectivity index (χ0v) is 16.3. The third-order valence-electron chi connectivity index (χ3n) is 2.95. The molecule has 1 amide bonds. The molecule has 0 heterocycles. The van der Waals surface area contributed by atoms with Gasteiger partial charge in [0.2, 0.25) is 0 Å². The Bertz CT molecular complexity index is 489. The van der Waals surface area contributed by atoms with Gasteiger partial charge in [-0.15, -0.1) is 0 Å². The fraction of sp³-hybridized carbons (Fsp3) is 0.722. The Hall–Kier alpha value is -2.05. The van der Waals surface area contributed by atoms with Crippen molar-refractivity contribution in [1.82, 2.24) is 5.32 Å². The fourth-order valence-corrected chi connectivity index (χ4v) is 1.76. The van der Waals surface area contributed by atoms with Crippen molar-refractivity contribution >= 4 is 18.3 Å². The van der Waals surface area contributed by atoms with E-state index in [1.165, 1.54) is 6.21 Å². The van der Waals surface area contributed by atoms with Gasteiger partial charge in [-0.3, -0.25) is 4.99 Å². The summed E-state index contributed by atoms with van der Waals surface area (Å²) >= 11 is 0. The molecule has 0 radical (unpaired) electrons. The van der Waals surface area contributed by atoms with Crippen molar-refractivity contribution in [2.45, 2.75) is 60.0 Å². The highest BCUT2D eigenvalue weighted by Crippen LogP contribution is 2.35. The van der Waals surface area contributed by atoms with Gasteiger partial charge >= 0.3 is 12.1 Å². The van der Waals surface area contributed by atoms with Crippen LogP contribution in [0.5, 0.6) is 0 Å². The van der Waals surface area contributed by atoms with Gasteiger partial charge in [0.05, 0.1) is 18.7 Å². The van der Waals surface area contributed by atoms with E-state index >= 15 is 0 Å². The number of hydrogen-bond acceptors (Lipinski definition) is 6. The number of esters is 1. The van der Waals surface area contributed by atoms with Gasteiger partial charge in [-0.1, -0.05) is 13.8 Å². The number of ether oxygens (including phenoxy) is 2. The number of nitrogens with one attached hydrogen (secondary N) is 1. The first-order valence-corrected chi connectivity index (χ1v) is 8.88. The SMILES string of the molecule is CC.CCOC(=O)/C(C=NCCNC(=O)OC(C)(C)C)=C(/N)C1CC1. The topological polar surface area (TPSA) is 103 Å². The summed E-state index contributed by atoms with van der Waals surface area (Å²) in [5.74, 6) is -0.207. The van der Waals surface area contributed by atoms with Gasteiger partial charge in [0.1, 0.15) is 5.60 Å². The average molecular weight is 355 g/mol. The molecule has 0 unspecified atom stereocenters. The number of nitrogens with zero attached hydrogens (tertiary/aromatic N) is 1. The molecule has 0 saturated heterocycles. The lowest BCUT2D eigenvalue weighted by Gasteiger charge is -2.19. The molecular weight excluding hydrogens is 322 g/mol. The number of rotatable bonds is 7. The molecule has 7 nitrogen and oxygen atoms in total. The summed E-state index contributed by atoms with van der Waals surface area (Å²) in [5.41, 5.74) is 6.29. The van der Waals surface area contributed by atoms with Crippen LogP contribution in [0.15, 0.2) is 16.3 Å². The summed E-state index contributed by atoms with van der Waals surface area (Å²) in [4.78, 5) is 27.5. The minimum absolute atomic E-state index is 0.251. The van der Waals surface area contributed by atoms with Gasteiger partial charge in [-0.25, -0.2) is 9.59 Å². The van der Waals surface area contributed by atoms with E-state index in [0.717, 1.165) is 12.8 Å². The number of nitrogens with two attached hydrogens (primary N) is 1. The molecule has 1 fully saturated rings. The summed E-state index contributed by atoms with van der Waals surface area (Å²) in [6.07, 6.45) is 2.92. The maximum Gasteiger partial charge on any atom is 0.407 e. The molecule has 144 valence electrons. The average Bonchev–Trinajstić information content (AvgIpc) is 3.35. The highest BCUT2D eigenvalue weighted by molar-refractivity contribution is 6.10. The van der Waals surface area contributed by atoms with Crippen LogP contribution in [0.4, 0.5) is 4.79 Å². The zero-order valence-electron chi connectivity index (χ0n) is 16.3. The molecule has 7 heteroatoms. The van der Waals surface area contributed by atoms with Crippen LogP contribution >= 0.6 is 0 Å². The van der Waals surface area contributed by atoms with Crippen LogP contribution < -0.4 is 11.1 Å². The van der Waals surface area contributed by atoms with Crippen molar-refractivity contribution in [2.24, 2.45) is 16.6 Å². The second kappa shape index (κ2) is 11.5. The van der Waals surface area contributed by atoms with Crippen LogP contribution in [0.3, 0.4) is 0 Å². The zero-order chi connectivity index (χ0) is 19.5. The lowest BCUT2D eigenvalue weighted by atomic mass is 10.1. The predicted molar refractivity (Wildman–Crippen MR) is 99.5 cm³/mol. The van der Waals surface area contributed by atoms with Crippen LogP contribution in [0, 0.1) is 5.92 Å². The Labute approximate surface area is 151 Å². The van der Waals surface area contributed by atoms with Gasteiger partial charge in [-0.2, -0.15) is 0 Å². The van der Waals surface area contributed by atoms with E-state index in [9.17, 15) is 9.59 Å². The first kappa shape index (κ1) is 22.9. The first-order valence-electron chi connectivity index (χ1n) is 8.88. The van der Waals surface area contributed by atoms with E-state index in [1.54, 1.807) is 27.7 Å². The molecule has 0 atom stereocenters. The van der Waals surface area contributed by atoms with Crippen molar-refractivity contribution in [2.75, 3.05) is 19.7 Å². The molecule has 0 aromatic rings. The molecule has 1 rings (SSSR count). The maximum atomic E-state index is 11.9. The van der Waals surface area contributed by atoms with Crippen LogP contribution in [0.1, 0.15) is 54.4 Å². The van der Waals surface area contributed by atoms with Crippen molar-refractivity contribution in [3.63, 3.8) is 0 Å². The molecule has 1 saturated carbocycles. The van der Waals surface area contributed by atoms with Gasteiger partial charge in [0.15, 0.2) is 0 Å². The van der Waals surface area contributed by atoms with Gasteiger partial charge in [-0.05, 0) is 46.5 Å². The number of carbonyl (C=O) groups excluding carboxylic acids is 2. The standard InChI is InChI=1S/C16H27N3O4.C2H6/c1-5-22-14(20)12(13(17)11-6-7-11)10-18-8-9-19-15(21)23-16(2,3)4;1-2/h10-11H,5-9,17H2,1-4H3,(H,19,21);1-2H3/b13-12+,18-10?;. The molecular formula is C18H33N3O4. The molecule has 25 heavy (non-hydrogen) atoms. The number of hydrogen-bond donors (Lipinski definition) is 2. The van der Waals surface area contributed by atoms with Crippen molar-refractivity contribution in [3.05, 3.63) is 11.3 Å². The second-order valence-electron chi connectivity index (χ2n) is 6.33. The fourth-order valence-electron chi connectivity index (χ4n) is 1.76. The molecule has 0 spiro atoms. The normalized spacial score (nSPS) is 15.0. The summed E-state index contributed by atoms with van der Waals surface area (Å²) in [6.45, 7) is 12.0. The lowest BCUT2D eigenvalue weighted by molar-refractivity contribution is -0.137. The minimum atomic E-state index is -0.536. The summed E-state index contributed by atoms with van der Waals surface area (Å²) in [6, 6.07) is 0. The van der Waals surface area contributed by atoms with E-state index in [1.807, 2.05) is 13.8 Å². The van der Waals surface area contributed by atoms with Crippen LogP contribution in [-0.2, 0) is 14.3 Å². The Morgan fingerprint density at radius 1 is 1.28 bits per heavy atom. The highest BCUT2D eigenvalue weighted by atomic mass is 16.6. The second-order valence-corrected chi connectivity index (χ2v) is 6.33. The molecule has 0 bridgehead atoms. The number of amides is 1. The number of carbonyl (C=O) groups is 2. The molecule has 1 aliphatic carbocycles. The van der Waals surface area contributed by atoms with E-state index in [2.05, 4.69) is 10.3 Å². The number of alkyl carbamates (subject to hydrolysis) is 1. The van der Waals surface area contributed by atoms with E-state index in [-0.39, 0.29) is 12.5 Å². The largest absolute Gasteiger partial charge is 0.462 e. The Kier molecular flexibility index (Phi) is 10.6. The molecule has 3 N–H and O–H groups in total. The molecule has 0 aromatic carbocycles. The van der Waals surface area contributed by atoms with E-state index < -0.39 is 17.7 Å². The third-order valence-corrected chi connectivity index (χ3v) is 2.95. The van der Waals surface area contributed by atoms with Crippen molar-refractivity contribution < 1.29 is 19.1 Å². The van der Waals surface area contributed by atoms with E-state index in [0.29, 0.717) is 24.4 Å². The Morgan fingerprint density at radius 2 is 1.88 bits per heavy atom. The summed E-state index contributed by atoms with van der Waals surface area (Å²) in [5, 5.41) is 2.59. The maximum absolute atomic E-state index is 11.9. The Balaban J connectivity index is 0.00000277. The first-order chi connectivity index (χ1) is 11.7. The minimum Gasteiger partial charge on any atom is -0.462 e. The number of aliphatic imine (C=N–C) groups is 1.